The monoisotopic (exact) mass is 351 g/mol. The maximum Gasteiger partial charge on any atom is 0.256 e. The van der Waals surface area contributed by atoms with Gasteiger partial charge in [0.1, 0.15) is 17.3 Å². The summed E-state index contributed by atoms with van der Waals surface area (Å²) in [5.41, 5.74) is 1.55. The fourth-order valence-electron chi connectivity index (χ4n) is 2.00. The van der Waals surface area contributed by atoms with Crippen molar-refractivity contribution in [2.24, 2.45) is 0 Å². The fourth-order valence-corrected chi connectivity index (χ4v) is 2.54. The third-order valence-electron chi connectivity index (χ3n) is 3.14. The van der Waals surface area contributed by atoms with Gasteiger partial charge in [-0.25, -0.2) is 4.98 Å². The van der Waals surface area contributed by atoms with Crippen LogP contribution in [0.15, 0.2) is 27.2 Å². The van der Waals surface area contributed by atoms with Crippen LogP contribution in [0.3, 0.4) is 0 Å². The Hall–Kier alpha value is -1.82. The zero-order valence-corrected chi connectivity index (χ0v) is 14.1. The molecule has 0 spiro atoms. The van der Waals surface area contributed by atoms with Crippen LogP contribution in [0.1, 0.15) is 27.4 Å². The van der Waals surface area contributed by atoms with Gasteiger partial charge in [-0.05, 0) is 47.5 Å². The van der Waals surface area contributed by atoms with Crippen LogP contribution in [0.2, 0.25) is 0 Å². The second-order valence-electron chi connectivity index (χ2n) is 5.00. The molecule has 1 N–H and O–H groups in total. The predicted molar refractivity (Wildman–Crippen MR) is 85.6 cm³/mol. The van der Waals surface area contributed by atoms with Crippen LogP contribution in [0.25, 0.3) is 0 Å². The molecule has 0 radical (unpaired) electrons. The number of amides is 1. The zero-order chi connectivity index (χ0) is 15.6. The van der Waals surface area contributed by atoms with E-state index in [-0.39, 0.29) is 5.91 Å². The van der Waals surface area contributed by atoms with E-state index < -0.39 is 0 Å². The van der Waals surface area contributed by atoms with Crippen LogP contribution in [-0.4, -0.2) is 25.0 Å². The second kappa shape index (κ2) is 6.30. The Morgan fingerprint density at radius 3 is 2.67 bits per heavy atom. The molecule has 2 rings (SSSR count). The van der Waals surface area contributed by atoms with E-state index in [2.05, 4.69) is 26.2 Å². The zero-order valence-electron chi connectivity index (χ0n) is 12.5. The normalized spacial score (nSPS) is 10.5. The highest BCUT2D eigenvalue weighted by Gasteiger charge is 2.19. The van der Waals surface area contributed by atoms with E-state index >= 15 is 0 Å². The average Bonchev–Trinajstić information content (AvgIpc) is 2.70. The number of nitrogens with zero attached hydrogens (tertiary/aromatic N) is 2. The molecule has 0 aromatic carbocycles. The summed E-state index contributed by atoms with van der Waals surface area (Å²) in [4.78, 5) is 18.4. The van der Waals surface area contributed by atoms with Gasteiger partial charge in [-0.3, -0.25) is 4.79 Å². The Balaban J connectivity index is 2.09. The van der Waals surface area contributed by atoms with Crippen molar-refractivity contribution in [2.45, 2.75) is 20.4 Å². The van der Waals surface area contributed by atoms with Gasteiger partial charge in [0.25, 0.3) is 5.91 Å². The molecule has 0 aliphatic rings. The van der Waals surface area contributed by atoms with Crippen LogP contribution in [-0.2, 0) is 6.54 Å². The molecule has 2 aromatic rings. The molecule has 0 aliphatic heterocycles. The Morgan fingerprint density at radius 2 is 2.10 bits per heavy atom. The molecule has 2 heterocycles. The lowest BCUT2D eigenvalue weighted by Gasteiger charge is -2.12. The number of rotatable bonds is 4. The highest BCUT2D eigenvalue weighted by atomic mass is 79.9. The van der Waals surface area contributed by atoms with E-state index in [0.717, 1.165) is 11.4 Å². The minimum absolute atomic E-state index is 0.153. The van der Waals surface area contributed by atoms with E-state index in [1.807, 2.05) is 38.1 Å². The largest absolute Gasteiger partial charge is 0.465 e. The number of hydrogen-bond acceptors (Lipinski definition) is 4. The summed E-state index contributed by atoms with van der Waals surface area (Å²) >= 11 is 3.39. The number of pyridine rings is 1. The van der Waals surface area contributed by atoms with Crippen molar-refractivity contribution in [2.75, 3.05) is 19.0 Å². The number of aryl methyl sites for hydroxylation is 2. The molecule has 0 aliphatic carbocycles. The standard InChI is InChI=1S/C15H18BrN3O2/c1-9-13(14(16)10(2)21-9)15(20)18-8-11-5-6-17-12(7-11)19(3)4/h5-7H,8H2,1-4H3,(H,18,20). The van der Waals surface area contributed by atoms with Crippen LogP contribution in [0, 0.1) is 13.8 Å². The van der Waals surface area contributed by atoms with Gasteiger partial charge in [-0.15, -0.1) is 0 Å². The lowest BCUT2D eigenvalue weighted by atomic mass is 10.2. The van der Waals surface area contributed by atoms with Crippen LogP contribution >= 0.6 is 15.9 Å². The SMILES string of the molecule is Cc1oc(C)c(C(=O)NCc2ccnc(N(C)C)c2)c1Br. The van der Waals surface area contributed by atoms with Crippen LogP contribution in [0.5, 0.6) is 0 Å². The lowest BCUT2D eigenvalue weighted by molar-refractivity contribution is 0.0948. The minimum Gasteiger partial charge on any atom is -0.465 e. The maximum atomic E-state index is 12.3. The third-order valence-corrected chi connectivity index (χ3v) is 4.09. The van der Waals surface area contributed by atoms with Gasteiger partial charge >= 0.3 is 0 Å². The van der Waals surface area contributed by atoms with E-state index in [1.54, 1.807) is 13.1 Å². The van der Waals surface area contributed by atoms with Crippen LogP contribution in [0.4, 0.5) is 5.82 Å². The van der Waals surface area contributed by atoms with Gasteiger partial charge in [0.05, 0.1) is 10.0 Å². The van der Waals surface area contributed by atoms with E-state index in [4.69, 9.17) is 4.42 Å². The molecular weight excluding hydrogens is 334 g/mol. The number of carbonyl (C=O) groups excluding carboxylic acids is 1. The Morgan fingerprint density at radius 1 is 1.38 bits per heavy atom. The summed E-state index contributed by atoms with van der Waals surface area (Å²) in [6.45, 7) is 4.04. The number of carbonyl (C=O) groups is 1. The summed E-state index contributed by atoms with van der Waals surface area (Å²) in [6.07, 6.45) is 1.74. The van der Waals surface area contributed by atoms with Gasteiger partial charge in [0, 0.05) is 26.8 Å². The van der Waals surface area contributed by atoms with Crippen molar-refractivity contribution in [3.8, 4) is 0 Å². The topological polar surface area (TPSA) is 58.4 Å². The molecular formula is C15H18BrN3O2. The molecule has 0 atom stereocenters. The van der Waals surface area contributed by atoms with Crippen molar-refractivity contribution >= 4 is 27.7 Å². The van der Waals surface area contributed by atoms with Crippen molar-refractivity contribution in [3.63, 3.8) is 0 Å². The van der Waals surface area contributed by atoms with Crippen molar-refractivity contribution in [1.82, 2.24) is 10.3 Å². The van der Waals surface area contributed by atoms with Crippen molar-refractivity contribution in [1.29, 1.82) is 0 Å². The molecule has 0 fully saturated rings. The summed E-state index contributed by atoms with van der Waals surface area (Å²) in [6, 6.07) is 3.83. The first-order chi connectivity index (χ1) is 9.90. The van der Waals surface area contributed by atoms with E-state index in [1.165, 1.54) is 0 Å². The van der Waals surface area contributed by atoms with Gasteiger partial charge in [0.2, 0.25) is 0 Å². The molecule has 0 saturated heterocycles. The average molecular weight is 352 g/mol. The highest BCUT2D eigenvalue weighted by Crippen LogP contribution is 2.27. The Kier molecular flexibility index (Phi) is 4.67. The molecule has 21 heavy (non-hydrogen) atoms. The Bertz CT molecular complexity index is 665. The smallest absolute Gasteiger partial charge is 0.256 e. The predicted octanol–water partition coefficient (Wildman–Crippen LogP) is 3.05. The van der Waals surface area contributed by atoms with Gasteiger partial charge in [-0.1, -0.05) is 0 Å². The summed E-state index contributed by atoms with van der Waals surface area (Å²) in [5.74, 6) is 2.02. The molecule has 6 heteroatoms. The van der Waals surface area contributed by atoms with Crippen molar-refractivity contribution in [3.05, 3.63) is 45.4 Å². The number of aromatic nitrogens is 1. The highest BCUT2D eigenvalue weighted by molar-refractivity contribution is 9.10. The molecule has 0 saturated carbocycles. The number of halogens is 1. The van der Waals surface area contributed by atoms with E-state index in [0.29, 0.717) is 28.1 Å². The summed E-state index contributed by atoms with van der Waals surface area (Å²) < 4.78 is 6.15. The molecule has 112 valence electrons. The second-order valence-corrected chi connectivity index (χ2v) is 5.80. The molecule has 0 unspecified atom stereocenters. The summed E-state index contributed by atoms with van der Waals surface area (Å²) in [7, 11) is 3.86. The van der Waals surface area contributed by atoms with Crippen LogP contribution < -0.4 is 10.2 Å². The molecule has 5 nitrogen and oxygen atoms in total. The number of furan rings is 1. The first-order valence-electron chi connectivity index (χ1n) is 6.56. The number of hydrogen-bond donors (Lipinski definition) is 1. The first kappa shape index (κ1) is 15.6. The molecule has 1 amide bonds. The lowest BCUT2D eigenvalue weighted by Crippen LogP contribution is -2.23. The van der Waals surface area contributed by atoms with Gasteiger partial charge in [-0.2, -0.15) is 0 Å². The summed E-state index contributed by atoms with van der Waals surface area (Å²) in [5, 5.41) is 2.90. The third kappa shape index (κ3) is 3.44. The number of nitrogens with one attached hydrogen (secondary N) is 1. The van der Waals surface area contributed by atoms with Gasteiger partial charge < -0.3 is 14.6 Å². The minimum atomic E-state index is -0.153. The number of anilines is 1. The van der Waals surface area contributed by atoms with E-state index in [9.17, 15) is 4.79 Å². The van der Waals surface area contributed by atoms with Gasteiger partial charge in [0.15, 0.2) is 0 Å². The first-order valence-corrected chi connectivity index (χ1v) is 7.35. The quantitative estimate of drug-likeness (QED) is 0.919. The maximum absolute atomic E-state index is 12.3. The Labute approximate surface area is 132 Å². The van der Waals surface area contributed by atoms with Crippen molar-refractivity contribution < 1.29 is 9.21 Å². The fraction of sp³-hybridized carbons (Fsp3) is 0.333. The molecule has 0 bridgehead atoms. The molecule has 2 aromatic heterocycles.